The average Bonchev–Trinajstić information content (AvgIpc) is 2.80. The lowest BCUT2D eigenvalue weighted by molar-refractivity contribution is -0.116. The lowest BCUT2D eigenvalue weighted by Crippen LogP contribution is -2.17. The first kappa shape index (κ1) is 23.5. The number of halogens is 1. The summed E-state index contributed by atoms with van der Waals surface area (Å²) in [5, 5.41) is 5.53. The molecular formula is C25H23FN2O5. The highest BCUT2D eigenvalue weighted by molar-refractivity contribution is 6.07. The third-order valence-electron chi connectivity index (χ3n) is 4.56. The second-order valence-electron chi connectivity index (χ2n) is 6.99. The molecule has 0 heterocycles. The number of benzene rings is 3. The van der Waals surface area contributed by atoms with Gasteiger partial charge in [0.1, 0.15) is 11.6 Å². The smallest absolute Gasteiger partial charge is 0.434 e. The Morgan fingerprint density at radius 2 is 1.58 bits per heavy atom. The molecule has 7 nitrogen and oxygen atoms in total. The molecule has 3 aromatic rings. The lowest BCUT2D eigenvalue weighted by atomic mass is 10.1. The molecule has 0 aromatic heterocycles. The van der Waals surface area contributed by atoms with Crippen molar-refractivity contribution >= 4 is 29.3 Å². The summed E-state index contributed by atoms with van der Waals surface area (Å²) < 4.78 is 23.0. The lowest BCUT2D eigenvalue weighted by Gasteiger charge is -2.13. The quantitative estimate of drug-likeness (QED) is 0.364. The fourth-order valence-corrected chi connectivity index (χ4v) is 2.98. The molecular weight excluding hydrogens is 427 g/mol. The highest BCUT2D eigenvalue weighted by Crippen LogP contribution is 2.23. The van der Waals surface area contributed by atoms with Gasteiger partial charge < -0.3 is 20.1 Å². The minimum atomic E-state index is -0.822. The van der Waals surface area contributed by atoms with E-state index >= 15 is 0 Å². The number of ether oxygens (including phenoxy) is 2. The number of anilines is 2. The van der Waals surface area contributed by atoms with Gasteiger partial charge in [-0.2, -0.15) is 0 Å². The third-order valence-corrected chi connectivity index (χ3v) is 4.56. The molecule has 2 N–H and O–H groups in total. The summed E-state index contributed by atoms with van der Waals surface area (Å²) in [7, 11) is 0. The number of hydrogen-bond acceptors (Lipinski definition) is 5. The molecule has 0 atom stereocenters. The fraction of sp³-hybridized carbons (Fsp3) is 0.160. The summed E-state index contributed by atoms with van der Waals surface area (Å²) in [4.78, 5) is 36.4. The molecule has 0 aliphatic carbocycles. The zero-order chi connectivity index (χ0) is 23.6. The topological polar surface area (TPSA) is 93.7 Å². The molecule has 0 fully saturated rings. The maximum atomic E-state index is 13.3. The van der Waals surface area contributed by atoms with E-state index in [2.05, 4.69) is 10.6 Å². The largest absolute Gasteiger partial charge is 0.513 e. The van der Waals surface area contributed by atoms with Crippen molar-refractivity contribution in [1.29, 1.82) is 0 Å². The predicted molar refractivity (Wildman–Crippen MR) is 122 cm³/mol. The summed E-state index contributed by atoms with van der Waals surface area (Å²) in [5.41, 5.74) is 1.92. The number of para-hydroxylation sites is 2. The van der Waals surface area contributed by atoms with Gasteiger partial charge in [0.25, 0.3) is 5.91 Å². The van der Waals surface area contributed by atoms with Crippen LogP contribution in [0.2, 0.25) is 0 Å². The number of hydrogen-bond donors (Lipinski definition) is 2. The second-order valence-corrected chi connectivity index (χ2v) is 6.99. The highest BCUT2D eigenvalue weighted by atomic mass is 19.1. The van der Waals surface area contributed by atoms with Crippen molar-refractivity contribution in [2.75, 3.05) is 17.2 Å². The van der Waals surface area contributed by atoms with Gasteiger partial charge in [0.15, 0.2) is 0 Å². The van der Waals surface area contributed by atoms with E-state index in [1.807, 2.05) is 0 Å². The number of amides is 2. The number of carbonyl (C=O) groups is 3. The van der Waals surface area contributed by atoms with E-state index < -0.39 is 12.1 Å². The summed E-state index contributed by atoms with van der Waals surface area (Å²) in [5.74, 6) is -0.766. The van der Waals surface area contributed by atoms with Crippen LogP contribution in [0.1, 0.15) is 29.3 Å². The van der Waals surface area contributed by atoms with Gasteiger partial charge in [0.2, 0.25) is 5.91 Å². The van der Waals surface area contributed by atoms with Crippen LogP contribution < -0.4 is 15.4 Å². The van der Waals surface area contributed by atoms with Gasteiger partial charge >= 0.3 is 6.16 Å². The first-order valence-electron chi connectivity index (χ1n) is 10.3. The van der Waals surface area contributed by atoms with E-state index in [1.165, 1.54) is 36.4 Å². The van der Waals surface area contributed by atoms with Gasteiger partial charge in [-0.05, 0) is 67.4 Å². The van der Waals surface area contributed by atoms with Crippen molar-refractivity contribution in [3.63, 3.8) is 0 Å². The monoisotopic (exact) mass is 450 g/mol. The molecule has 2 amide bonds. The summed E-state index contributed by atoms with van der Waals surface area (Å²) in [6.07, 6.45) is -0.275. The molecule has 3 aromatic carbocycles. The molecule has 33 heavy (non-hydrogen) atoms. The molecule has 0 saturated heterocycles. The summed E-state index contributed by atoms with van der Waals surface area (Å²) in [6.45, 7) is 1.86. The van der Waals surface area contributed by atoms with E-state index in [0.29, 0.717) is 23.4 Å². The Morgan fingerprint density at radius 3 is 2.24 bits per heavy atom. The number of rotatable bonds is 8. The summed E-state index contributed by atoms with van der Waals surface area (Å²) >= 11 is 0. The number of carbonyl (C=O) groups excluding carboxylic acids is 3. The van der Waals surface area contributed by atoms with Gasteiger partial charge in [-0.1, -0.05) is 24.3 Å². The summed E-state index contributed by atoms with van der Waals surface area (Å²) in [6, 6.07) is 18.9. The Balaban J connectivity index is 1.59. The van der Waals surface area contributed by atoms with Crippen LogP contribution in [-0.2, 0) is 16.0 Å². The van der Waals surface area contributed by atoms with E-state index in [-0.39, 0.29) is 30.5 Å². The van der Waals surface area contributed by atoms with Crippen LogP contribution in [0.5, 0.6) is 5.75 Å². The first-order chi connectivity index (χ1) is 15.9. The minimum absolute atomic E-state index is 0.160. The van der Waals surface area contributed by atoms with Crippen molar-refractivity contribution in [3.8, 4) is 5.75 Å². The predicted octanol–water partition coefficient (Wildman–Crippen LogP) is 5.18. The van der Waals surface area contributed by atoms with Crippen molar-refractivity contribution in [1.82, 2.24) is 0 Å². The maximum absolute atomic E-state index is 13.3. The van der Waals surface area contributed by atoms with Gasteiger partial charge in [-0.25, -0.2) is 9.18 Å². The minimum Gasteiger partial charge on any atom is -0.434 e. The van der Waals surface area contributed by atoms with Crippen LogP contribution in [-0.4, -0.2) is 24.6 Å². The Morgan fingerprint density at radius 1 is 0.879 bits per heavy atom. The van der Waals surface area contributed by atoms with Crippen molar-refractivity contribution in [2.45, 2.75) is 19.8 Å². The van der Waals surface area contributed by atoms with Crippen molar-refractivity contribution in [3.05, 3.63) is 89.7 Å². The highest BCUT2D eigenvalue weighted by Gasteiger charge is 2.12. The van der Waals surface area contributed by atoms with Crippen molar-refractivity contribution < 1.29 is 28.2 Å². The van der Waals surface area contributed by atoms with E-state index in [4.69, 9.17) is 9.47 Å². The standard InChI is InChI=1S/C25H23FN2O5/c1-2-32-25(31)33-20-13-11-18(12-14-20)24(30)28-22-9-4-3-8-21(22)27-23(29)15-10-17-6-5-7-19(26)16-17/h3-9,11-14,16H,2,10,15H2,1H3,(H,27,29)(H,28,30). The zero-order valence-corrected chi connectivity index (χ0v) is 18.0. The van der Waals surface area contributed by atoms with E-state index in [9.17, 15) is 18.8 Å². The molecule has 0 bridgehead atoms. The Labute approximate surface area is 190 Å². The molecule has 170 valence electrons. The van der Waals surface area contributed by atoms with Crippen LogP contribution in [0, 0.1) is 5.82 Å². The molecule has 3 rings (SSSR count). The molecule has 0 spiro atoms. The molecule has 8 heteroatoms. The van der Waals surface area contributed by atoms with Crippen LogP contribution in [0.3, 0.4) is 0 Å². The third kappa shape index (κ3) is 7.17. The number of aryl methyl sites for hydroxylation is 1. The molecule has 0 aliphatic heterocycles. The molecule has 0 aliphatic rings. The Kier molecular flexibility index (Phi) is 8.13. The SMILES string of the molecule is CCOC(=O)Oc1ccc(C(=O)Nc2ccccc2NC(=O)CCc2cccc(F)c2)cc1. The number of nitrogens with one attached hydrogen (secondary N) is 2. The van der Waals surface area contributed by atoms with Crippen LogP contribution in [0.25, 0.3) is 0 Å². The first-order valence-corrected chi connectivity index (χ1v) is 10.3. The van der Waals surface area contributed by atoms with Gasteiger partial charge in [0, 0.05) is 12.0 Å². The van der Waals surface area contributed by atoms with Gasteiger partial charge in [0.05, 0.1) is 18.0 Å². The van der Waals surface area contributed by atoms with Gasteiger partial charge in [-0.3, -0.25) is 9.59 Å². The maximum Gasteiger partial charge on any atom is 0.513 e. The van der Waals surface area contributed by atoms with E-state index in [0.717, 1.165) is 5.56 Å². The second kappa shape index (κ2) is 11.4. The Bertz CT molecular complexity index is 1130. The van der Waals surface area contributed by atoms with Gasteiger partial charge in [-0.15, -0.1) is 0 Å². The van der Waals surface area contributed by atoms with Crippen molar-refractivity contribution in [2.24, 2.45) is 0 Å². The zero-order valence-electron chi connectivity index (χ0n) is 18.0. The normalized spacial score (nSPS) is 10.2. The Hall–Kier alpha value is -4.20. The van der Waals surface area contributed by atoms with Crippen LogP contribution >= 0.6 is 0 Å². The molecule has 0 unspecified atom stereocenters. The fourth-order valence-electron chi connectivity index (χ4n) is 2.98. The van der Waals surface area contributed by atoms with Crippen LogP contribution in [0.4, 0.5) is 20.6 Å². The van der Waals surface area contributed by atoms with E-state index in [1.54, 1.807) is 43.3 Å². The molecule has 0 radical (unpaired) electrons. The molecule has 0 saturated carbocycles. The van der Waals surface area contributed by atoms with Crippen LogP contribution in [0.15, 0.2) is 72.8 Å². The average molecular weight is 450 g/mol.